The minimum atomic E-state index is -0.131. The largest absolute Gasteiger partial charge is 0.486 e. The summed E-state index contributed by atoms with van der Waals surface area (Å²) in [4.78, 5) is 17.0. The van der Waals surface area contributed by atoms with Gasteiger partial charge in [-0.2, -0.15) is 0 Å². The maximum Gasteiger partial charge on any atom is 0.276 e. The van der Waals surface area contributed by atoms with Gasteiger partial charge in [0.1, 0.15) is 18.1 Å². The van der Waals surface area contributed by atoms with Gasteiger partial charge in [0.15, 0.2) is 0 Å². The quantitative estimate of drug-likeness (QED) is 0.579. The van der Waals surface area contributed by atoms with Gasteiger partial charge in [0.25, 0.3) is 5.56 Å². The fourth-order valence-electron chi connectivity index (χ4n) is 2.90. The number of ether oxygens (including phenoxy) is 1. The van der Waals surface area contributed by atoms with Crippen molar-refractivity contribution in [1.29, 1.82) is 0 Å². The van der Waals surface area contributed by atoms with Crippen molar-refractivity contribution in [3.05, 3.63) is 82.8 Å². The zero-order chi connectivity index (χ0) is 16.5. The van der Waals surface area contributed by atoms with Crippen LogP contribution in [-0.4, -0.2) is 9.55 Å². The van der Waals surface area contributed by atoms with Crippen molar-refractivity contribution in [3.8, 4) is 5.75 Å². The Morgan fingerprint density at radius 1 is 0.958 bits per heavy atom. The van der Waals surface area contributed by atoms with E-state index in [4.69, 9.17) is 4.74 Å². The number of aromatic nitrogens is 2. The third-order valence-corrected chi connectivity index (χ3v) is 4.16. The van der Waals surface area contributed by atoms with Crippen LogP contribution in [0.5, 0.6) is 5.75 Å². The number of benzene rings is 3. The molecule has 4 aromatic rings. The van der Waals surface area contributed by atoms with Gasteiger partial charge in [-0.25, -0.2) is 4.98 Å². The summed E-state index contributed by atoms with van der Waals surface area (Å²) >= 11 is 0. The van der Waals surface area contributed by atoms with E-state index in [-0.39, 0.29) is 12.2 Å². The van der Waals surface area contributed by atoms with Crippen molar-refractivity contribution in [2.24, 2.45) is 7.05 Å². The van der Waals surface area contributed by atoms with Gasteiger partial charge in [-0.1, -0.05) is 48.5 Å². The minimum Gasteiger partial charge on any atom is -0.486 e. The highest BCUT2D eigenvalue weighted by molar-refractivity contribution is 5.88. The highest BCUT2D eigenvalue weighted by atomic mass is 16.5. The average molecular weight is 316 g/mol. The molecule has 24 heavy (non-hydrogen) atoms. The predicted molar refractivity (Wildman–Crippen MR) is 95.3 cm³/mol. The van der Waals surface area contributed by atoms with Crippen molar-refractivity contribution >= 4 is 21.8 Å². The van der Waals surface area contributed by atoms with Crippen LogP contribution in [0.2, 0.25) is 0 Å². The molecule has 0 unspecified atom stereocenters. The van der Waals surface area contributed by atoms with Gasteiger partial charge in [0.2, 0.25) is 0 Å². The lowest BCUT2D eigenvalue weighted by molar-refractivity contribution is 0.303. The van der Waals surface area contributed by atoms with Gasteiger partial charge >= 0.3 is 0 Å². The Hall–Kier alpha value is -3.14. The lowest BCUT2D eigenvalue weighted by Gasteiger charge is -2.11. The minimum absolute atomic E-state index is 0.131. The Labute approximate surface area is 139 Å². The Kier molecular flexibility index (Phi) is 3.50. The van der Waals surface area contributed by atoms with Crippen LogP contribution in [0, 0.1) is 0 Å². The molecule has 0 N–H and O–H groups in total. The van der Waals surface area contributed by atoms with Gasteiger partial charge in [-0.15, -0.1) is 0 Å². The molecular formula is C20H16N2O2. The van der Waals surface area contributed by atoms with Crippen molar-refractivity contribution in [1.82, 2.24) is 9.55 Å². The van der Waals surface area contributed by atoms with E-state index in [1.165, 1.54) is 0 Å². The van der Waals surface area contributed by atoms with Crippen LogP contribution in [-0.2, 0) is 13.7 Å². The second-order valence-corrected chi connectivity index (χ2v) is 5.68. The van der Waals surface area contributed by atoms with Gasteiger partial charge in [0, 0.05) is 12.4 Å². The van der Waals surface area contributed by atoms with Gasteiger partial charge in [-0.3, -0.25) is 4.79 Å². The van der Waals surface area contributed by atoms with Crippen molar-refractivity contribution < 1.29 is 4.74 Å². The molecule has 1 aromatic heterocycles. The Morgan fingerprint density at radius 2 is 1.71 bits per heavy atom. The summed E-state index contributed by atoms with van der Waals surface area (Å²) in [6.45, 7) is 0.144. The normalized spacial score (nSPS) is 11.0. The molecule has 4 rings (SSSR count). The smallest absolute Gasteiger partial charge is 0.276 e. The van der Waals surface area contributed by atoms with Gasteiger partial charge < -0.3 is 9.30 Å². The fourth-order valence-corrected chi connectivity index (χ4v) is 2.90. The Balaban J connectivity index is 1.72. The molecule has 0 saturated heterocycles. The van der Waals surface area contributed by atoms with Crippen LogP contribution < -0.4 is 10.3 Å². The molecule has 0 aliphatic carbocycles. The van der Waals surface area contributed by atoms with E-state index >= 15 is 0 Å². The van der Waals surface area contributed by atoms with Crippen LogP contribution in [0.15, 0.2) is 71.5 Å². The molecule has 0 aliphatic heterocycles. The molecule has 0 spiro atoms. The van der Waals surface area contributed by atoms with Crippen molar-refractivity contribution in [3.63, 3.8) is 0 Å². The molecule has 0 aliphatic rings. The van der Waals surface area contributed by atoms with E-state index < -0.39 is 0 Å². The Bertz CT molecular complexity index is 1090. The number of rotatable bonds is 3. The summed E-state index contributed by atoms with van der Waals surface area (Å²) in [6.07, 6.45) is 0. The molecule has 0 atom stereocenters. The van der Waals surface area contributed by atoms with Crippen LogP contribution >= 0.6 is 0 Å². The molecule has 4 heteroatoms. The number of aryl methyl sites for hydroxylation is 1. The van der Waals surface area contributed by atoms with E-state index in [1.54, 1.807) is 11.6 Å². The van der Waals surface area contributed by atoms with E-state index in [2.05, 4.69) is 4.98 Å². The molecular weight excluding hydrogens is 300 g/mol. The predicted octanol–water partition coefficient (Wildman–Crippen LogP) is 3.67. The van der Waals surface area contributed by atoms with Crippen molar-refractivity contribution in [2.45, 2.75) is 6.61 Å². The molecule has 1 heterocycles. The van der Waals surface area contributed by atoms with Crippen LogP contribution in [0.25, 0.3) is 21.8 Å². The zero-order valence-electron chi connectivity index (χ0n) is 13.3. The molecule has 118 valence electrons. The topological polar surface area (TPSA) is 44.1 Å². The zero-order valence-corrected chi connectivity index (χ0v) is 13.3. The lowest BCUT2D eigenvalue weighted by atomic mass is 10.1. The molecule has 0 bridgehead atoms. The molecule has 0 saturated carbocycles. The summed E-state index contributed by atoms with van der Waals surface area (Å²) in [7, 11) is 1.76. The van der Waals surface area contributed by atoms with Gasteiger partial charge in [-0.05, 0) is 23.6 Å². The third-order valence-electron chi connectivity index (χ3n) is 4.16. The highest BCUT2D eigenvalue weighted by Gasteiger charge is 2.10. The summed E-state index contributed by atoms with van der Waals surface area (Å²) in [5.74, 6) is 0.755. The van der Waals surface area contributed by atoms with E-state index in [0.29, 0.717) is 5.69 Å². The SMILES string of the molecule is Cn1c(=O)c(COc2cccc3ccccc23)nc2ccccc21. The first kappa shape index (κ1) is 14.5. The number of hydrogen-bond donors (Lipinski definition) is 0. The number of nitrogens with zero attached hydrogens (tertiary/aromatic N) is 2. The van der Waals surface area contributed by atoms with E-state index in [9.17, 15) is 4.79 Å². The van der Waals surface area contributed by atoms with E-state index in [1.807, 2.05) is 66.7 Å². The molecule has 0 fully saturated rings. The fraction of sp³-hybridized carbons (Fsp3) is 0.100. The molecule has 0 radical (unpaired) electrons. The first-order chi connectivity index (χ1) is 11.7. The van der Waals surface area contributed by atoms with E-state index in [0.717, 1.165) is 27.6 Å². The molecule has 0 amide bonds. The third kappa shape index (κ3) is 2.42. The summed E-state index contributed by atoms with van der Waals surface area (Å²) in [6, 6.07) is 21.5. The molecule has 4 nitrogen and oxygen atoms in total. The molecule has 3 aromatic carbocycles. The summed E-state index contributed by atoms with van der Waals surface area (Å²) < 4.78 is 7.53. The monoisotopic (exact) mass is 316 g/mol. The summed E-state index contributed by atoms with van der Waals surface area (Å²) in [5.41, 5.74) is 1.88. The standard InChI is InChI=1S/C20H16N2O2/c1-22-18-11-5-4-10-16(18)21-17(20(22)23)13-24-19-12-6-8-14-7-2-3-9-15(14)19/h2-12H,13H2,1H3. The highest BCUT2D eigenvalue weighted by Crippen LogP contribution is 2.25. The second kappa shape index (κ2) is 5.81. The maximum absolute atomic E-state index is 12.5. The number of para-hydroxylation sites is 2. The first-order valence-electron chi connectivity index (χ1n) is 7.79. The van der Waals surface area contributed by atoms with Crippen molar-refractivity contribution in [2.75, 3.05) is 0 Å². The average Bonchev–Trinajstić information content (AvgIpc) is 2.63. The van der Waals surface area contributed by atoms with Crippen LogP contribution in [0.3, 0.4) is 0 Å². The van der Waals surface area contributed by atoms with Crippen LogP contribution in [0.1, 0.15) is 5.69 Å². The summed E-state index contributed by atoms with van der Waals surface area (Å²) in [5, 5.41) is 2.13. The number of hydrogen-bond acceptors (Lipinski definition) is 3. The Morgan fingerprint density at radius 3 is 2.62 bits per heavy atom. The van der Waals surface area contributed by atoms with Gasteiger partial charge in [0.05, 0.1) is 11.0 Å². The second-order valence-electron chi connectivity index (χ2n) is 5.68. The van der Waals surface area contributed by atoms with Crippen LogP contribution in [0.4, 0.5) is 0 Å². The maximum atomic E-state index is 12.5. The lowest BCUT2D eigenvalue weighted by Crippen LogP contribution is -2.24. The number of fused-ring (bicyclic) bond motifs is 2. The first-order valence-corrected chi connectivity index (χ1v) is 7.79.